The monoisotopic (exact) mass is 336 g/mol. The van der Waals surface area contributed by atoms with Crippen molar-refractivity contribution in [1.29, 1.82) is 0 Å². The molecule has 5 heteroatoms. The third kappa shape index (κ3) is 3.40. The molecule has 25 heavy (non-hydrogen) atoms. The molecule has 1 amide bonds. The van der Waals surface area contributed by atoms with Gasteiger partial charge in [-0.2, -0.15) is 0 Å². The van der Waals surface area contributed by atoms with Crippen LogP contribution in [0.15, 0.2) is 59.5 Å². The Kier molecular flexibility index (Phi) is 4.84. The summed E-state index contributed by atoms with van der Waals surface area (Å²) in [5.41, 5.74) is 1.62. The Hall–Kier alpha value is -3.08. The maximum Gasteiger partial charge on any atom is 0.257 e. The fraction of sp³-hybridized carbons (Fsp3) is 0.200. The maximum absolute atomic E-state index is 12.8. The van der Waals surface area contributed by atoms with Crippen molar-refractivity contribution >= 4 is 16.8 Å². The summed E-state index contributed by atoms with van der Waals surface area (Å²) in [5.74, 6) is 0.217. The average molecular weight is 336 g/mol. The second-order valence-corrected chi connectivity index (χ2v) is 5.71. The normalized spacial score (nSPS) is 10.6. The first-order valence-corrected chi connectivity index (χ1v) is 8.17. The second kappa shape index (κ2) is 7.21. The summed E-state index contributed by atoms with van der Waals surface area (Å²) in [6.45, 7) is 3.00. The molecule has 0 radical (unpaired) electrons. The number of benzene rings is 2. The van der Waals surface area contributed by atoms with Crippen molar-refractivity contribution in [2.45, 2.75) is 20.0 Å². The van der Waals surface area contributed by atoms with Gasteiger partial charge in [-0.25, -0.2) is 0 Å². The first kappa shape index (κ1) is 16.8. The molecule has 0 saturated carbocycles. The molecular formula is C20H20N2O3. The summed E-state index contributed by atoms with van der Waals surface area (Å²) in [7, 11) is 1.55. The zero-order valence-electron chi connectivity index (χ0n) is 14.3. The molecule has 2 aromatic carbocycles. The lowest BCUT2D eigenvalue weighted by Crippen LogP contribution is -2.29. The number of carbonyl (C=O) groups is 1. The minimum absolute atomic E-state index is 0.138. The summed E-state index contributed by atoms with van der Waals surface area (Å²) >= 11 is 0. The fourth-order valence-electron chi connectivity index (χ4n) is 2.80. The van der Waals surface area contributed by atoms with Crippen LogP contribution < -0.4 is 15.5 Å². The van der Waals surface area contributed by atoms with Gasteiger partial charge in [0, 0.05) is 19.3 Å². The van der Waals surface area contributed by atoms with Gasteiger partial charge in [-0.15, -0.1) is 0 Å². The van der Waals surface area contributed by atoms with Crippen molar-refractivity contribution in [2.24, 2.45) is 0 Å². The molecule has 0 spiro atoms. The van der Waals surface area contributed by atoms with E-state index >= 15 is 0 Å². The van der Waals surface area contributed by atoms with Crippen LogP contribution in [0.4, 0.5) is 0 Å². The number of amides is 1. The Balaban J connectivity index is 1.98. The van der Waals surface area contributed by atoms with Crippen LogP contribution in [0.2, 0.25) is 0 Å². The number of carbonyl (C=O) groups excluding carboxylic acids is 1. The highest BCUT2D eigenvalue weighted by Crippen LogP contribution is 2.19. The SMILES string of the molecule is CCn1cc(C(=O)NCc2ccccc2)c(=O)c2cc(OC)ccc21. The summed E-state index contributed by atoms with van der Waals surface area (Å²) in [4.78, 5) is 25.3. The summed E-state index contributed by atoms with van der Waals surface area (Å²) in [5, 5.41) is 3.30. The van der Waals surface area contributed by atoms with E-state index in [-0.39, 0.29) is 16.9 Å². The molecule has 1 aromatic heterocycles. The highest BCUT2D eigenvalue weighted by molar-refractivity contribution is 5.97. The lowest BCUT2D eigenvalue weighted by Gasteiger charge is -2.12. The van der Waals surface area contributed by atoms with E-state index in [0.717, 1.165) is 11.1 Å². The number of fused-ring (bicyclic) bond motifs is 1. The Morgan fingerprint density at radius 1 is 1.16 bits per heavy atom. The second-order valence-electron chi connectivity index (χ2n) is 5.71. The molecule has 128 valence electrons. The van der Waals surface area contributed by atoms with Gasteiger partial charge in [0.05, 0.1) is 18.0 Å². The Morgan fingerprint density at radius 2 is 1.92 bits per heavy atom. The van der Waals surface area contributed by atoms with E-state index in [1.165, 1.54) is 0 Å². The van der Waals surface area contributed by atoms with E-state index < -0.39 is 0 Å². The topological polar surface area (TPSA) is 60.3 Å². The van der Waals surface area contributed by atoms with Gasteiger partial charge in [0.25, 0.3) is 5.91 Å². The van der Waals surface area contributed by atoms with Gasteiger partial charge in [-0.1, -0.05) is 30.3 Å². The fourth-order valence-corrected chi connectivity index (χ4v) is 2.80. The third-order valence-electron chi connectivity index (χ3n) is 4.17. The van der Waals surface area contributed by atoms with Crippen molar-refractivity contribution in [3.63, 3.8) is 0 Å². The molecule has 1 N–H and O–H groups in total. The van der Waals surface area contributed by atoms with Gasteiger partial charge in [-0.05, 0) is 30.7 Å². The molecule has 0 unspecified atom stereocenters. The predicted molar refractivity (Wildman–Crippen MR) is 98.0 cm³/mol. The zero-order valence-corrected chi connectivity index (χ0v) is 14.3. The van der Waals surface area contributed by atoms with Crippen LogP contribution in [0.3, 0.4) is 0 Å². The van der Waals surface area contributed by atoms with Gasteiger partial charge in [0.1, 0.15) is 11.3 Å². The van der Waals surface area contributed by atoms with Crippen LogP contribution in [-0.2, 0) is 13.1 Å². The molecule has 3 rings (SSSR count). The van der Waals surface area contributed by atoms with E-state index in [1.54, 1.807) is 19.4 Å². The van der Waals surface area contributed by atoms with Crippen LogP contribution in [-0.4, -0.2) is 17.6 Å². The number of nitrogens with zero attached hydrogens (tertiary/aromatic N) is 1. The molecule has 5 nitrogen and oxygen atoms in total. The molecule has 0 fully saturated rings. The van der Waals surface area contributed by atoms with Gasteiger partial charge < -0.3 is 14.6 Å². The van der Waals surface area contributed by atoms with Crippen molar-refractivity contribution in [2.75, 3.05) is 7.11 Å². The molecule has 3 aromatic rings. The first-order chi connectivity index (χ1) is 12.1. The van der Waals surface area contributed by atoms with Gasteiger partial charge in [0.2, 0.25) is 5.43 Å². The lowest BCUT2D eigenvalue weighted by molar-refractivity contribution is 0.0949. The van der Waals surface area contributed by atoms with Crippen molar-refractivity contribution in [3.8, 4) is 5.75 Å². The van der Waals surface area contributed by atoms with Crippen molar-refractivity contribution < 1.29 is 9.53 Å². The Bertz CT molecular complexity index is 962. The largest absolute Gasteiger partial charge is 0.497 e. The molecule has 0 aliphatic heterocycles. The van der Waals surface area contributed by atoms with E-state index in [2.05, 4.69) is 5.32 Å². The predicted octanol–water partition coefficient (Wildman–Crippen LogP) is 2.96. The van der Waals surface area contributed by atoms with Gasteiger partial charge in [-0.3, -0.25) is 9.59 Å². The standard InChI is InChI=1S/C20H20N2O3/c1-3-22-13-17(20(24)21-12-14-7-5-4-6-8-14)19(23)16-11-15(25-2)9-10-18(16)22/h4-11,13H,3,12H2,1-2H3,(H,21,24). The number of hydrogen-bond acceptors (Lipinski definition) is 3. The van der Waals surface area contributed by atoms with Crippen molar-refractivity contribution in [1.82, 2.24) is 9.88 Å². The van der Waals surface area contributed by atoms with Crippen LogP contribution in [0, 0.1) is 0 Å². The van der Waals surface area contributed by atoms with E-state index in [1.807, 2.05) is 54.0 Å². The number of rotatable bonds is 5. The highest BCUT2D eigenvalue weighted by Gasteiger charge is 2.15. The number of pyridine rings is 1. The van der Waals surface area contributed by atoms with Crippen LogP contribution in [0.25, 0.3) is 10.9 Å². The van der Waals surface area contributed by atoms with E-state index in [0.29, 0.717) is 24.2 Å². The van der Waals surface area contributed by atoms with E-state index in [9.17, 15) is 9.59 Å². The first-order valence-electron chi connectivity index (χ1n) is 8.17. The van der Waals surface area contributed by atoms with Crippen LogP contribution in [0.5, 0.6) is 5.75 Å². The van der Waals surface area contributed by atoms with Crippen molar-refractivity contribution in [3.05, 3.63) is 76.1 Å². The Morgan fingerprint density at radius 3 is 2.60 bits per heavy atom. The number of aryl methyl sites for hydroxylation is 1. The Labute approximate surface area is 145 Å². The minimum Gasteiger partial charge on any atom is -0.497 e. The molecule has 0 bridgehead atoms. The van der Waals surface area contributed by atoms with Crippen LogP contribution in [0.1, 0.15) is 22.8 Å². The zero-order chi connectivity index (χ0) is 17.8. The average Bonchev–Trinajstić information content (AvgIpc) is 2.67. The summed E-state index contributed by atoms with van der Waals surface area (Å²) in [6.07, 6.45) is 1.62. The van der Waals surface area contributed by atoms with Crippen LogP contribution >= 0.6 is 0 Å². The number of methoxy groups -OCH3 is 1. The molecule has 0 aliphatic carbocycles. The number of ether oxygens (including phenoxy) is 1. The smallest absolute Gasteiger partial charge is 0.257 e. The van der Waals surface area contributed by atoms with Gasteiger partial charge >= 0.3 is 0 Å². The summed E-state index contributed by atoms with van der Waals surface area (Å²) in [6, 6.07) is 14.9. The lowest BCUT2D eigenvalue weighted by atomic mass is 10.1. The quantitative estimate of drug-likeness (QED) is 0.779. The third-order valence-corrected chi connectivity index (χ3v) is 4.17. The van der Waals surface area contributed by atoms with E-state index in [4.69, 9.17) is 4.74 Å². The minimum atomic E-state index is -0.374. The molecule has 1 heterocycles. The molecule has 0 aliphatic rings. The maximum atomic E-state index is 12.8. The number of hydrogen-bond donors (Lipinski definition) is 1. The number of nitrogens with one attached hydrogen (secondary N) is 1. The highest BCUT2D eigenvalue weighted by atomic mass is 16.5. The summed E-state index contributed by atoms with van der Waals surface area (Å²) < 4.78 is 7.10. The molecular weight excluding hydrogens is 316 g/mol. The molecule has 0 atom stereocenters. The number of aromatic nitrogens is 1. The molecule has 0 saturated heterocycles. The van der Waals surface area contributed by atoms with Gasteiger partial charge in [0.15, 0.2) is 0 Å².